The van der Waals surface area contributed by atoms with Crippen molar-refractivity contribution >= 4 is 35.1 Å². The molecule has 3 aliphatic rings. The van der Waals surface area contributed by atoms with Gasteiger partial charge in [0.2, 0.25) is 0 Å². The van der Waals surface area contributed by atoms with E-state index in [4.69, 9.17) is 37.7 Å². The highest BCUT2D eigenvalue weighted by atomic mass is 35.5. The second-order valence-corrected chi connectivity index (χ2v) is 12.1. The third-order valence-corrected chi connectivity index (χ3v) is 8.46. The van der Waals surface area contributed by atoms with Gasteiger partial charge in [0, 0.05) is 61.4 Å². The fraction of sp³-hybridized carbons (Fsp3) is 0.455. The normalized spacial score (nSPS) is 24.4. The quantitative estimate of drug-likeness (QED) is 0.332. The first-order valence-corrected chi connectivity index (χ1v) is 15.7. The Labute approximate surface area is 264 Å². The summed E-state index contributed by atoms with van der Waals surface area (Å²) < 4.78 is 12.3. The molecule has 1 saturated heterocycles. The van der Waals surface area contributed by atoms with E-state index in [1.165, 1.54) is 0 Å². The summed E-state index contributed by atoms with van der Waals surface area (Å²) in [5.74, 6) is -0.261. The lowest BCUT2D eigenvalue weighted by atomic mass is 9.93. The molecule has 10 heteroatoms. The second kappa shape index (κ2) is 13.9. The molecule has 0 aromatic heterocycles. The van der Waals surface area contributed by atoms with E-state index in [1.807, 2.05) is 91.3 Å². The van der Waals surface area contributed by atoms with Crippen LogP contribution in [0.3, 0.4) is 0 Å². The van der Waals surface area contributed by atoms with Crippen LogP contribution in [0.15, 0.2) is 77.3 Å². The minimum atomic E-state index is -0.866. The van der Waals surface area contributed by atoms with E-state index >= 15 is 0 Å². The van der Waals surface area contributed by atoms with Crippen molar-refractivity contribution < 1.29 is 19.4 Å². The van der Waals surface area contributed by atoms with Gasteiger partial charge in [-0.2, -0.15) is 0 Å². The van der Waals surface area contributed by atoms with E-state index in [0.29, 0.717) is 61.6 Å². The van der Waals surface area contributed by atoms with Gasteiger partial charge in [0.25, 0.3) is 0 Å². The molecular weight excluding hydrogens is 587 g/mol. The van der Waals surface area contributed by atoms with Crippen LogP contribution in [0.2, 0.25) is 10.0 Å². The molecule has 43 heavy (non-hydrogen) atoms. The number of benzene rings is 2. The van der Waals surface area contributed by atoms with Crippen LogP contribution >= 0.6 is 23.2 Å². The van der Waals surface area contributed by atoms with Gasteiger partial charge in [-0.1, -0.05) is 59.6 Å². The number of amidine groups is 1. The smallest absolute Gasteiger partial charge is 0.326 e. The lowest BCUT2D eigenvalue weighted by molar-refractivity contribution is -0.218. The van der Waals surface area contributed by atoms with Gasteiger partial charge in [0.1, 0.15) is 11.9 Å². The van der Waals surface area contributed by atoms with Crippen LogP contribution in [0.4, 0.5) is 4.79 Å². The van der Waals surface area contributed by atoms with Gasteiger partial charge >= 0.3 is 6.03 Å². The maximum Gasteiger partial charge on any atom is 0.326 e. The molecule has 2 amide bonds. The number of hydrogen-bond donors (Lipinski definition) is 1. The zero-order valence-electron chi connectivity index (χ0n) is 25.0. The summed E-state index contributed by atoms with van der Waals surface area (Å²) in [5, 5.41) is 10.7. The minimum absolute atomic E-state index is 0.0267. The van der Waals surface area contributed by atoms with Crippen molar-refractivity contribution in [2.75, 3.05) is 45.9 Å². The van der Waals surface area contributed by atoms with Crippen LogP contribution in [0, 0.1) is 0 Å². The highest BCUT2D eigenvalue weighted by molar-refractivity contribution is 6.30. The number of hydrogen-bond acceptors (Lipinski definition) is 6. The Morgan fingerprint density at radius 3 is 2.19 bits per heavy atom. The molecular formula is C33H40Cl2N4O4. The first-order valence-electron chi connectivity index (χ1n) is 14.9. The summed E-state index contributed by atoms with van der Waals surface area (Å²) in [7, 11) is 0. The Bertz CT molecular complexity index is 1350. The molecule has 2 aliphatic heterocycles. The van der Waals surface area contributed by atoms with Crippen LogP contribution in [0.1, 0.15) is 50.4 Å². The Morgan fingerprint density at radius 1 is 1.02 bits per heavy atom. The summed E-state index contributed by atoms with van der Waals surface area (Å²) in [6, 6.07) is 14.4. The zero-order chi connectivity index (χ0) is 30.6. The van der Waals surface area contributed by atoms with Crippen LogP contribution < -0.4 is 0 Å². The highest BCUT2D eigenvalue weighted by Crippen LogP contribution is 2.45. The third-order valence-electron chi connectivity index (χ3n) is 7.96. The molecule has 8 nitrogen and oxygen atoms in total. The number of piperazine rings is 1. The molecule has 0 spiro atoms. The summed E-state index contributed by atoms with van der Waals surface area (Å²) in [4.78, 5) is 25.7. The van der Waals surface area contributed by atoms with Crippen molar-refractivity contribution in [1.82, 2.24) is 14.7 Å². The topological polar surface area (TPSA) is 77.8 Å². The van der Waals surface area contributed by atoms with Crippen molar-refractivity contribution in [3.05, 3.63) is 93.5 Å². The van der Waals surface area contributed by atoms with Gasteiger partial charge in [0.05, 0.1) is 18.8 Å². The number of rotatable bonds is 9. The van der Waals surface area contributed by atoms with Crippen molar-refractivity contribution in [2.45, 2.75) is 51.2 Å². The van der Waals surface area contributed by atoms with E-state index in [9.17, 15) is 9.90 Å². The lowest BCUT2D eigenvalue weighted by Gasteiger charge is -2.39. The van der Waals surface area contributed by atoms with Crippen molar-refractivity contribution in [3.63, 3.8) is 0 Å². The lowest BCUT2D eigenvalue weighted by Crippen LogP contribution is -2.54. The van der Waals surface area contributed by atoms with Crippen LogP contribution in [-0.2, 0) is 9.47 Å². The number of amides is 2. The zero-order valence-corrected chi connectivity index (χ0v) is 26.5. The van der Waals surface area contributed by atoms with E-state index < -0.39 is 11.8 Å². The minimum Gasteiger partial charge on any atom is -0.395 e. The molecule has 0 radical (unpaired) electrons. The number of aliphatic hydroxyl groups excluding tert-OH is 1. The number of ether oxygens (including phenoxy) is 2. The van der Waals surface area contributed by atoms with Gasteiger partial charge in [-0.05, 0) is 62.2 Å². The molecule has 0 bridgehead atoms. The van der Waals surface area contributed by atoms with Crippen molar-refractivity contribution in [2.24, 2.45) is 4.99 Å². The first kappa shape index (κ1) is 31.7. The largest absolute Gasteiger partial charge is 0.395 e. The second-order valence-electron chi connectivity index (χ2n) is 11.3. The third kappa shape index (κ3) is 7.17. The average molecular weight is 628 g/mol. The number of aliphatic imine (C=N–C) groups is 1. The molecule has 1 fully saturated rings. The molecule has 0 saturated carbocycles. The fourth-order valence-electron chi connectivity index (χ4n) is 5.97. The standard InChI is InChI=1S/C33H40Cl2N4O4/c1-4-42-33(43-23(2)3)15-13-26(14-16-33)31-36-29(24-5-9-27(34)10-6-24)30(25-7-11-28(35)12-8-25)39(31)32(41)38-19-17-37(18-20-38)21-22-40/h5-15,23,29-30,40H,4,16-22H2,1-3H3. The van der Waals surface area contributed by atoms with Gasteiger partial charge in [-0.3, -0.25) is 14.8 Å². The Hall–Kier alpha value is -2.72. The predicted molar refractivity (Wildman–Crippen MR) is 171 cm³/mol. The number of halogens is 2. The molecule has 2 aromatic carbocycles. The molecule has 1 N–H and O–H groups in total. The number of aliphatic hydroxyl groups is 1. The van der Waals surface area contributed by atoms with Gasteiger partial charge in [0.15, 0.2) is 5.79 Å². The molecule has 2 heterocycles. The number of β-amino-alcohol motifs (C(OH)–C–C–N with tert-alkyl or cyclic N) is 1. The van der Waals surface area contributed by atoms with Crippen molar-refractivity contribution in [3.8, 4) is 0 Å². The average Bonchev–Trinajstić information content (AvgIpc) is 3.39. The van der Waals surface area contributed by atoms with Crippen LogP contribution in [0.25, 0.3) is 0 Å². The van der Waals surface area contributed by atoms with Crippen molar-refractivity contribution in [1.29, 1.82) is 0 Å². The van der Waals surface area contributed by atoms with Gasteiger partial charge in [-0.25, -0.2) is 4.79 Å². The number of carbonyl (C=O) groups excluding carboxylic acids is 1. The van der Waals surface area contributed by atoms with E-state index in [1.54, 1.807) is 0 Å². The number of nitrogens with zero attached hydrogens (tertiary/aromatic N) is 4. The van der Waals surface area contributed by atoms with Crippen LogP contribution in [0.5, 0.6) is 0 Å². The summed E-state index contributed by atoms with van der Waals surface area (Å²) in [6.07, 6.45) is 6.42. The Morgan fingerprint density at radius 2 is 1.65 bits per heavy atom. The van der Waals surface area contributed by atoms with E-state index in [0.717, 1.165) is 16.7 Å². The highest BCUT2D eigenvalue weighted by Gasteiger charge is 2.45. The summed E-state index contributed by atoms with van der Waals surface area (Å²) in [5.41, 5.74) is 2.73. The monoisotopic (exact) mass is 626 g/mol. The predicted octanol–water partition coefficient (Wildman–Crippen LogP) is 6.26. The molecule has 3 unspecified atom stereocenters. The van der Waals surface area contributed by atoms with E-state index in [-0.39, 0.29) is 24.8 Å². The van der Waals surface area contributed by atoms with Crippen LogP contribution in [-0.4, -0.2) is 89.5 Å². The molecule has 2 aromatic rings. The number of carbonyl (C=O) groups is 1. The first-order chi connectivity index (χ1) is 20.7. The molecule has 5 rings (SSSR count). The number of urea groups is 1. The SMILES string of the molecule is CCOC1(OC(C)C)C=CC(C2=NC(c3ccc(Cl)cc3)C(c3ccc(Cl)cc3)N2C(=O)N2CCN(CCO)CC2)=CC1. The van der Waals surface area contributed by atoms with Gasteiger partial charge < -0.3 is 19.5 Å². The Kier molecular flexibility index (Phi) is 10.3. The summed E-state index contributed by atoms with van der Waals surface area (Å²) in [6.45, 7) is 9.66. The fourth-order valence-corrected chi connectivity index (χ4v) is 6.22. The molecule has 3 atom stereocenters. The molecule has 1 aliphatic carbocycles. The Balaban J connectivity index is 1.56. The maximum atomic E-state index is 14.5. The molecule has 230 valence electrons. The maximum absolute atomic E-state index is 14.5. The van der Waals surface area contributed by atoms with E-state index in [2.05, 4.69) is 11.0 Å². The van der Waals surface area contributed by atoms with Gasteiger partial charge in [-0.15, -0.1) is 0 Å². The summed E-state index contributed by atoms with van der Waals surface area (Å²) >= 11 is 12.6.